The summed E-state index contributed by atoms with van der Waals surface area (Å²) < 4.78 is 13.2. The van der Waals surface area contributed by atoms with Crippen molar-refractivity contribution >= 4 is 23.5 Å². The number of rotatable bonds is 14. The highest BCUT2D eigenvalue weighted by Gasteiger charge is 2.37. The van der Waals surface area contributed by atoms with E-state index in [1.165, 1.54) is 0 Å². The zero-order valence-electron chi connectivity index (χ0n) is 29.3. The highest BCUT2D eigenvalue weighted by molar-refractivity contribution is 6.30. The molecule has 0 aliphatic carbocycles. The first kappa shape index (κ1) is 37.7. The summed E-state index contributed by atoms with van der Waals surface area (Å²) in [4.78, 5) is 25.3. The lowest BCUT2D eigenvalue weighted by molar-refractivity contribution is -0.253. The SMILES string of the molecule is O=C(O)CCCCC(=O)NCc1cccc(-c2ccc([C@H]3O[C@@H](CN4CCC(O)(c5ccc(Cl)cc5)CC4)C[C@@H](c4ccc(CO)cc4)O3)cc2)c1. The summed E-state index contributed by atoms with van der Waals surface area (Å²) in [6.45, 7) is 2.57. The lowest BCUT2D eigenvalue weighted by Gasteiger charge is -2.42. The molecule has 9 nitrogen and oxygen atoms in total. The zero-order valence-corrected chi connectivity index (χ0v) is 30.0. The normalized spacial score (nSPS) is 20.3. The summed E-state index contributed by atoms with van der Waals surface area (Å²) in [6.07, 6.45) is 2.45. The number of aliphatic carboxylic acids is 1. The number of hydrogen-bond donors (Lipinski definition) is 4. The lowest BCUT2D eigenvalue weighted by atomic mass is 9.84. The molecule has 2 fully saturated rings. The van der Waals surface area contributed by atoms with Gasteiger partial charge >= 0.3 is 5.97 Å². The molecule has 0 radical (unpaired) electrons. The van der Waals surface area contributed by atoms with Gasteiger partial charge in [0.05, 0.1) is 24.4 Å². The van der Waals surface area contributed by atoms with Gasteiger partial charge in [-0.25, -0.2) is 0 Å². The number of ether oxygens (including phenoxy) is 2. The first-order chi connectivity index (χ1) is 25.2. The fraction of sp³-hybridized carbons (Fsp3) is 0.381. The molecule has 4 aromatic carbocycles. The van der Waals surface area contributed by atoms with Crippen molar-refractivity contribution in [3.63, 3.8) is 0 Å². The Morgan fingerprint density at radius 1 is 0.827 bits per heavy atom. The van der Waals surface area contributed by atoms with Crippen molar-refractivity contribution in [1.29, 1.82) is 0 Å². The van der Waals surface area contributed by atoms with Crippen LogP contribution in [-0.2, 0) is 37.8 Å². The number of piperidine rings is 1. The van der Waals surface area contributed by atoms with E-state index in [9.17, 15) is 19.8 Å². The van der Waals surface area contributed by atoms with E-state index in [0.717, 1.165) is 52.0 Å². The molecule has 2 saturated heterocycles. The van der Waals surface area contributed by atoms with E-state index in [1.54, 1.807) is 0 Å². The largest absolute Gasteiger partial charge is 0.481 e. The van der Waals surface area contributed by atoms with Crippen LogP contribution in [0.5, 0.6) is 0 Å². The smallest absolute Gasteiger partial charge is 0.303 e. The molecule has 1 amide bonds. The van der Waals surface area contributed by atoms with Gasteiger partial charge in [-0.05, 0) is 77.3 Å². The Bertz CT molecular complexity index is 1770. The molecule has 0 unspecified atom stereocenters. The quantitative estimate of drug-likeness (QED) is 0.0998. The first-order valence-electron chi connectivity index (χ1n) is 18.1. The van der Waals surface area contributed by atoms with Gasteiger partial charge in [0.1, 0.15) is 0 Å². The van der Waals surface area contributed by atoms with Crippen LogP contribution in [0.1, 0.15) is 85.2 Å². The Labute approximate surface area is 310 Å². The molecule has 4 aromatic rings. The van der Waals surface area contributed by atoms with Crippen LogP contribution in [0.3, 0.4) is 0 Å². The minimum absolute atomic E-state index is 0.0163. The molecule has 52 heavy (non-hydrogen) atoms. The van der Waals surface area contributed by atoms with Crippen molar-refractivity contribution in [3.05, 3.63) is 130 Å². The van der Waals surface area contributed by atoms with E-state index in [0.29, 0.717) is 56.6 Å². The Morgan fingerprint density at radius 3 is 2.21 bits per heavy atom. The second-order valence-electron chi connectivity index (χ2n) is 13.9. The van der Waals surface area contributed by atoms with Crippen molar-refractivity contribution in [2.24, 2.45) is 0 Å². The summed E-state index contributed by atoms with van der Waals surface area (Å²) in [5, 5.41) is 33.4. The summed E-state index contributed by atoms with van der Waals surface area (Å²) in [5.41, 5.74) is 5.83. The fourth-order valence-electron chi connectivity index (χ4n) is 7.02. The molecule has 6 rings (SSSR count). The number of amides is 1. The molecule has 0 saturated carbocycles. The van der Waals surface area contributed by atoms with Gasteiger partial charge in [-0.2, -0.15) is 0 Å². The second-order valence-corrected chi connectivity index (χ2v) is 14.3. The van der Waals surface area contributed by atoms with Gasteiger partial charge in [0.25, 0.3) is 0 Å². The van der Waals surface area contributed by atoms with E-state index < -0.39 is 17.9 Å². The highest BCUT2D eigenvalue weighted by atomic mass is 35.5. The first-order valence-corrected chi connectivity index (χ1v) is 18.4. The van der Waals surface area contributed by atoms with Gasteiger partial charge in [0.15, 0.2) is 6.29 Å². The number of aliphatic hydroxyl groups is 2. The number of benzene rings is 4. The predicted octanol–water partition coefficient (Wildman–Crippen LogP) is 7.29. The van der Waals surface area contributed by atoms with Gasteiger partial charge in [0.2, 0.25) is 5.91 Å². The number of likely N-dealkylation sites (tertiary alicyclic amines) is 1. The summed E-state index contributed by atoms with van der Waals surface area (Å²) >= 11 is 6.09. The van der Waals surface area contributed by atoms with Crippen LogP contribution in [0.15, 0.2) is 97.1 Å². The number of carboxylic acid groups (broad SMARTS) is 1. The van der Waals surface area contributed by atoms with Crippen LogP contribution >= 0.6 is 11.6 Å². The third-order valence-electron chi connectivity index (χ3n) is 10.1. The minimum Gasteiger partial charge on any atom is -0.481 e. The van der Waals surface area contributed by atoms with E-state index >= 15 is 0 Å². The lowest BCUT2D eigenvalue weighted by Crippen LogP contribution is -2.46. The maximum atomic E-state index is 12.3. The van der Waals surface area contributed by atoms with Crippen molar-refractivity contribution in [2.75, 3.05) is 19.6 Å². The van der Waals surface area contributed by atoms with Gasteiger partial charge in [-0.15, -0.1) is 0 Å². The monoisotopic (exact) mass is 726 g/mol. The van der Waals surface area contributed by atoms with Gasteiger partial charge in [0, 0.05) is 56.0 Å². The second kappa shape index (κ2) is 17.6. The number of carbonyl (C=O) groups excluding carboxylic acids is 1. The molecule has 2 heterocycles. The van der Waals surface area contributed by atoms with Crippen LogP contribution < -0.4 is 5.32 Å². The summed E-state index contributed by atoms with van der Waals surface area (Å²) in [6, 6.07) is 31.6. The van der Waals surface area contributed by atoms with E-state index in [-0.39, 0.29) is 31.1 Å². The van der Waals surface area contributed by atoms with Crippen molar-refractivity contribution in [3.8, 4) is 11.1 Å². The Hall–Kier alpha value is -4.09. The molecule has 3 atom stereocenters. The topological polar surface area (TPSA) is 129 Å². The fourth-order valence-corrected chi connectivity index (χ4v) is 7.15. The number of halogens is 1. The van der Waals surface area contributed by atoms with E-state index in [1.807, 2.05) is 78.9 Å². The standard InChI is InChI=1S/C42H47ClN2O7/c43-36-18-16-35(17-19-36)42(50)20-22-45(23-21-42)27-37-25-38(32-10-8-29(28-46)9-11-32)52-41(51-37)33-14-12-31(13-15-33)34-5-3-4-30(24-34)26-44-39(47)6-1-2-7-40(48)49/h3-5,8-19,24,37-38,41,46,50H,1-2,6-7,20-23,25-28H2,(H,44,47)(H,48,49)/t37-,38+,41+/m1/s1. The van der Waals surface area contributed by atoms with Crippen LogP contribution in [0.4, 0.5) is 0 Å². The minimum atomic E-state index is -0.878. The third-order valence-corrected chi connectivity index (χ3v) is 10.4. The molecular weight excluding hydrogens is 680 g/mol. The van der Waals surface area contributed by atoms with Crippen LogP contribution in [0, 0.1) is 0 Å². The van der Waals surface area contributed by atoms with Crippen LogP contribution in [0.2, 0.25) is 5.02 Å². The Balaban J connectivity index is 1.10. The van der Waals surface area contributed by atoms with Gasteiger partial charge in [-0.3, -0.25) is 9.59 Å². The van der Waals surface area contributed by atoms with Crippen LogP contribution in [0.25, 0.3) is 11.1 Å². The van der Waals surface area contributed by atoms with Gasteiger partial charge < -0.3 is 35.0 Å². The molecule has 274 valence electrons. The molecule has 4 N–H and O–H groups in total. The molecular formula is C42H47ClN2O7. The number of unbranched alkanes of at least 4 members (excludes halogenated alkanes) is 1. The summed E-state index contributed by atoms with van der Waals surface area (Å²) in [5.74, 6) is -0.935. The number of carboxylic acids is 1. The molecule has 2 aliphatic heterocycles. The Morgan fingerprint density at radius 2 is 1.52 bits per heavy atom. The number of aliphatic hydroxyl groups excluding tert-OH is 1. The van der Waals surface area contributed by atoms with Crippen molar-refractivity contribution < 1.29 is 34.4 Å². The average Bonchev–Trinajstić information content (AvgIpc) is 3.17. The highest BCUT2D eigenvalue weighted by Crippen LogP contribution is 2.40. The molecule has 10 heteroatoms. The maximum Gasteiger partial charge on any atom is 0.303 e. The molecule has 0 aromatic heterocycles. The molecule has 0 spiro atoms. The zero-order chi connectivity index (χ0) is 36.5. The number of nitrogens with zero attached hydrogens (tertiary/aromatic N) is 1. The number of carbonyl (C=O) groups is 2. The Kier molecular flexibility index (Phi) is 12.8. The maximum absolute atomic E-state index is 12.3. The average molecular weight is 727 g/mol. The number of hydrogen-bond acceptors (Lipinski definition) is 7. The van der Waals surface area contributed by atoms with E-state index in [2.05, 4.69) is 28.4 Å². The molecule has 0 bridgehead atoms. The number of nitrogens with one attached hydrogen (secondary N) is 1. The van der Waals surface area contributed by atoms with Crippen molar-refractivity contribution in [2.45, 2.75) is 82.2 Å². The third kappa shape index (κ3) is 10.1. The van der Waals surface area contributed by atoms with Gasteiger partial charge in [-0.1, -0.05) is 90.5 Å². The van der Waals surface area contributed by atoms with E-state index in [4.69, 9.17) is 26.2 Å². The predicted molar refractivity (Wildman–Crippen MR) is 199 cm³/mol. The summed E-state index contributed by atoms with van der Waals surface area (Å²) in [7, 11) is 0. The van der Waals surface area contributed by atoms with Crippen LogP contribution in [-0.4, -0.2) is 57.8 Å². The molecule has 2 aliphatic rings. The van der Waals surface area contributed by atoms with Crippen molar-refractivity contribution in [1.82, 2.24) is 10.2 Å².